The molecule has 2 heterocycles. The zero-order valence-corrected chi connectivity index (χ0v) is 35.6. The summed E-state index contributed by atoms with van der Waals surface area (Å²) >= 11 is 0. The standard InChI is InChI=1S/C32H30NO.C15H28O2.Ir/c1-19(2)15-20-10-8-12-23-24-13-14-33-30-26-16-21-9-6-7-11-22(21)27(18-32(3,4)5)31(26)34-28(29(24)30)17-25(20)23;1-7-14(5,8-2)12(16)11-13(17)15(6,9-3)10-4;/h6-14,17,19H,15,18H2,1-5H3;11,16H,7-10H2,1-6H3;/q-1;;/b;12-11-;. The average Bonchev–Trinajstić information content (AvgIpc) is 3.11. The Bertz CT molecular complexity index is 2090. The third-order valence-electron chi connectivity index (χ3n) is 11.4. The number of carbonyl (C=O) groups excluding carboxylic acids is 1. The van der Waals surface area contributed by atoms with E-state index in [0.29, 0.717) is 5.92 Å². The molecule has 0 atom stereocenters. The fourth-order valence-electron chi connectivity index (χ4n) is 7.14. The summed E-state index contributed by atoms with van der Waals surface area (Å²) in [5, 5.41) is 17.3. The molecular formula is C47H58IrNO3-. The number of ketones is 1. The van der Waals surface area contributed by atoms with E-state index in [1.54, 1.807) is 0 Å². The number of carbonyl (C=O) groups is 1. The van der Waals surface area contributed by atoms with Gasteiger partial charge >= 0.3 is 0 Å². The molecule has 0 saturated heterocycles. The molecule has 6 rings (SSSR count). The van der Waals surface area contributed by atoms with Gasteiger partial charge in [0.25, 0.3) is 0 Å². The van der Waals surface area contributed by atoms with Gasteiger partial charge in [-0.25, -0.2) is 0 Å². The first kappa shape index (κ1) is 41.2. The van der Waals surface area contributed by atoms with Gasteiger partial charge in [-0.1, -0.05) is 129 Å². The van der Waals surface area contributed by atoms with Crippen LogP contribution >= 0.6 is 0 Å². The minimum atomic E-state index is -0.337. The van der Waals surface area contributed by atoms with Crippen molar-refractivity contribution >= 4 is 38.1 Å². The average molecular weight is 877 g/mol. The van der Waals surface area contributed by atoms with Gasteiger partial charge in [-0.15, -0.1) is 17.5 Å². The normalized spacial score (nSPS) is 13.0. The molecule has 1 radical (unpaired) electrons. The Morgan fingerprint density at radius 1 is 0.846 bits per heavy atom. The second-order valence-corrected chi connectivity index (χ2v) is 16.7. The minimum Gasteiger partial charge on any atom is -0.512 e. The van der Waals surface area contributed by atoms with E-state index in [9.17, 15) is 9.90 Å². The molecule has 0 bridgehead atoms. The molecule has 4 aromatic carbocycles. The molecule has 0 unspecified atom stereocenters. The van der Waals surface area contributed by atoms with Gasteiger partial charge in [-0.2, -0.15) is 0 Å². The van der Waals surface area contributed by atoms with Crippen LogP contribution in [0.4, 0.5) is 0 Å². The molecule has 1 aliphatic heterocycles. The van der Waals surface area contributed by atoms with Crippen LogP contribution in [0.5, 0.6) is 11.5 Å². The SMILES string of the molecule is CC(C)Cc1cccc2c1cc1c3c(nccc32)-c2[c-]c3ccccc3c(CC(C)(C)C)c2O1.CCC(C)(CC)C(=O)/C=C(\O)C(C)(CC)CC.[Ir]. The molecule has 279 valence electrons. The fourth-order valence-corrected chi connectivity index (χ4v) is 7.14. The Hall–Kier alpha value is -3.53. The molecular weight excluding hydrogens is 819 g/mol. The van der Waals surface area contributed by atoms with Crippen molar-refractivity contribution in [2.45, 2.75) is 115 Å². The van der Waals surface area contributed by atoms with E-state index in [1.165, 1.54) is 38.7 Å². The summed E-state index contributed by atoms with van der Waals surface area (Å²) in [6.07, 6.45) is 8.66. The Morgan fingerprint density at radius 2 is 1.48 bits per heavy atom. The summed E-state index contributed by atoms with van der Waals surface area (Å²) in [5.41, 5.74) is 4.10. The van der Waals surface area contributed by atoms with E-state index < -0.39 is 0 Å². The minimum absolute atomic E-state index is 0. The monoisotopic (exact) mass is 877 g/mol. The van der Waals surface area contributed by atoms with Crippen LogP contribution in [-0.4, -0.2) is 15.9 Å². The van der Waals surface area contributed by atoms with Crippen LogP contribution in [0.25, 0.3) is 43.6 Å². The van der Waals surface area contributed by atoms with Gasteiger partial charge in [-0.3, -0.25) is 9.78 Å². The largest absolute Gasteiger partial charge is 0.512 e. The van der Waals surface area contributed by atoms with Crippen molar-refractivity contribution in [3.05, 3.63) is 89.8 Å². The number of aliphatic hydroxyl groups is 1. The topological polar surface area (TPSA) is 59.4 Å². The van der Waals surface area contributed by atoms with Gasteiger partial charge in [0.05, 0.1) is 5.75 Å². The molecule has 1 aliphatic rings. The molecule has 0 spiro atoms. The van der Waals surface area contributed by atoms with Crippen LogP contribution < -0.4 is 4.74 Å². The number of hydrogen-bond donors (Lipinski definition) is 1. The van der Waals surface area contributed by atoms with Crippen molar-refractivity contribution in [1.29, 1.82) is 0 Å². The third-order valence-corrected chi connectivity index (χ3v) is 11.4. The van der Waals surface area contributed by atoms with Crippen LogP contribution in [0.2, 0.25) is 0 Å². The Balaban J connectivity index is 0.000000289. The predicted molar refractivity (Wildman–Crippen MR) is 216 cm³/mol. The van der Waals surface area contributed by atoms with Crippen LogP contribution in [0.3, 0.4) is 0 Å². The van der Waals surface area contributed by atoms with Crippen molar-refractivity contribution in [1.82, 2.24) is 4.98 Å². The number of fused-ring (bicyclic) bond motifs is 5. The maximum atomic E-state index is 12.2. The molecule has 0 aliphatic carbocycles. The maximum Gasteiger partial charge on any atom is 0.164 e. The zero-order chi connectivity index (χ0) is 37.3. The number of rotatable bonds is 10. The van der Waals surface area contributed by atoms with E-state index in [1.807, 2.05) is 47.7 Å². The van der Waals surface area contributed by atoms with Crippen LogP contribution in [0.15, 0.2) is 72.6 Å². The number of aromatic nitrogens is 1. The molecule has 4 nitrogen and oxygen atoms in total. The summed E-state index contributed by atoms with van der Waals surface area (Å²) in [6.45, 7) is 23.5. The molecule has 1 aromatic heterocycles. The van der Waals surface area contributed by atoms with Gasteiger partial charge in [0.2, 0.25) is 0 Å². The van der Waals surface area contributed by atoms with Gasteiger partial charge in [0.15, 0.2) is 5.78 Å². The number of benzene rings is 4. The zero-order valence-electron chi connectivity index (χ0n) is 33.2. The number of pyridine rings is 1. The van der Waals surface area contributed by atoms with Crippen molar-refractivity contribution in [3.63, 3.8) is 0 Å². The van der Waals surface area contributed by atoms with Gasteiger partial charge in [-0.05, 0) is 83.7 Å². The van der Waals surface area contributed by atoms with Crippen molar-refractivity contribution in [2.75, 3.05) is 0 Å². The Kier molecular flexibility index (Phi) is 12.9. The fraction of sp³-hybridized carbons (Fsp3) is 0.447. The summed E-state index contributed by atoms with van der Waals surface area (Å²) in [7, 11) is 0. The van der Waals surface area contributed by atoms with E-state index >= 15 is 0 Å². The van der Waals surface area contributed by atoms with E-state index in [-0.39, 0.29) is 47.9 Å². The van der Waals surface area contributed by atoms with Gasteiger partial charge < -0.3 is 9.84 Å². The quantitative estimate of drug-likeness (QED) is 0.0645. The Labute approximate surface area is 325 Å². The first-order valence-corrected chi connectivity index (χ1v) is 19.0. The number of nitrogens with zero attached hydrogens (tertiary/aromatic N) is 1. The second-order valence-electron chi connectivity index (χ2n) is 16.7. The van der Waals surface area contributed by atoms with Gasteiger partial charge in [0, 0.05) is 54.3 Å². The van der Waals surface area contributed by atoms with E-state index in [2.05, 4.69) is 95.3 Å². The molecule has 52 heavy (non-hydrogen) atoms. The smallest absolute Gasteiger partial charge is 0.164 e. The van der Waals surface area contributed by atoms with Crippen LogP contribution in [-0.2, 0) is 37.7 Å². The first-order chi connectivity index (χ1) is 24.1. The molecule has 0 fully saturated rings. The Morgan fingerprint density at radius 3 is 2.10 bits per heavy atom. The summed E-state index contributed by atoms with van der Waals surface area (Å²) in [4.78, 5) is 17.1. The maximum absolute atomic E-state index is 12.2. The summed E-state index contributed by atoms with van der Waals surface area (Å²) in [6, 6.07) is 23.3. The third kappa shape index (κ3) is 8.17. The van der Waals surface area contributed by atoms with Crippen LogP contribution in [0.1, 0.15) is 113 Å². The predicted octanol–water partition coefficient (Wildman–Crippen LogP) is 13.5. The number of aliphatic hydroxyl groups excluding tert-OH is 1. The number of hydrogen-bond acceptors (Lipinski definition) is 4. The molecule has 0 saturated carbocycles. The number of ether oxygens (including phenoxy) is 1. The van der Waals surface area contributed by atoms with Gasteiger partial charge in [0.1, 0.15) is 11.5 Å². The van der Waals surface area contributed by atoms with E-state index in [4.69, 9.17) is 9.72 Å². The molecule has 5 aromatic rings. The van der Waals surface area contributed by atoms with Crippen molar-refractivity contribution < 1.29 is 34.7 Å². The first-order valence-electron chi connectivity index (χ1n) is 19.0. The van der Waals surface area contributed by atoms with Crippen LogP contribution in [0, 0.1) is 28.2 Å². The molecule has 1 N–H and O–H groups in total. The number of allylic oxidation sites excluding steroid dienone is 2. The van der Waals surface area contributed by atoms with Crippen molar-refractivity contribution in [3.8, 4) is 22.8 Å². The van der Waals surface area contributed by atoms with Crippen molar-refractivity contribution in [2.24, 2.45) is 22.2 Å². The molecule has 5 heteroatoms. The molecule has 0 amide bonds. The summed E-state index contributed by atoms with van der Waals surface area (Å²) < 4.78 is 6.83. The van der Waals surface area contributed by atoms with E-state index in [0.717, 1.165) is 72.1 Å². The summed E-state index contributed by atoms with van der Waals surface area (Å²) in [5.74, 6) is 2.70. The second kappa shape index (κ2) is 16.2.